The molecule has 0 aromatic carbocycles. The lowest BCUT2D eigenvalue weighted by atomic mass is 9.99. The van der Waals surface area contributed by atoms with E-state index < -0.39 is 11.9 Å². The maximum absolute atomic E-state index is 12.9. The number of aromatic nitrogens is 2. The van der Waals surface area contributed by atoms with E-state index in [0.717, 1.165) is 7.57 Å². The molecule has 14 heteroatoms. The lowest BCUT2D eigenvalue weighted by Gasteiger charge is -2.14. The molecule has 10 nitrogen and oxygen atoms in total. The number of nitriles is 2. The molecule has 4 heterocycles. The molecule has 0 aliphatic rings. The van der Waals surface area contributed by atoms with E-state index in [4.69, 9.17) is 9.47 Å². The Bertz CT molecular complexity index is 1700. The molecular formula is C28H20Br2N6O4S2. The molecule has 0 bridgehead atoms. The minimum atomic E-state index is -0.618. The number of nitrogens with zero attached hydrogens (tertiary/aromatic N) is 6. The second-order valence-corrected chi connectivity index (χ2v) is 13.3. The molecule has 4 aromatic heterocycles. The Hall–Kier alpha value is -3.82. The van der Waals surface area contributed by atoms with Crippen LogP contribution in [0.5, 0.6) is 0 Å². The van der Waals surface area contributed by atoms with Crippen LogP contribution in [0.1, 0.15) is 57.1 Å². The van der Waals surface area contributed by atoms with Gasteiger partial charge >= 0.3 is 11.9 Å². The van der Waals surface area contributed by atoms with Crippen LogP contribution in [0.15, 0.2) is 42.1 Å². The smallest absolute Gasteiger partial charge is 0.340 e. The van der Waals surface area contributed by atoms with Crippen molar-refractivity contribution in [3.63, 3.8) is 0 Å². The van der Waals surface area contributed by atoms with E-state index in [9.17, 15) is 20.1 Å². The normalized spacial score (nSPS) is 10.9. The highest BCUT2D eigenvalue weighted by molar-refractivity contribution is 9.11. The number of ether oxygens (including phenoxy) is 2. The number of hydrogen-bond acceptors (Lipinski definition) is 12. The number of thiophene rings is 2. The Labute approximate surface area is 265 Å². The van der Waals surface area contributed by atoms with Crippen LogP contribution in [0.25, 0.3) is 20.9 Å². The van der Waals surface area contributed by atoms with Crippen molar-refractivity contribution in [1.82, 2.24) is 9.97 Å². The van der Waals surface area contributed by atoms with Gasteiger partial charge in [-0.3, -0.25) is 0 Å². The van der Waals surface area contributed by atoms with Gasteiger partial charge in [-0.25, -0.2) is 19.6 Å². The zero-order chi connectivity index (χ0) is 30.6. The van der Waals surface area contributed by atoms with Crippen molar-refractivity contribution in [3.8, 4) is 33.0 Å². The van der Waals surface area contributed by atoms with Crippen molar-refractivity contribution in [3.05, 3.63) is 65.5 Å². The van der Waals surface area contributed by atoms with Gasteiger partial charge < -0.3 is 9.47 Å². The highest BCUT2D eigenvalue weighted by Crippen LogP contribution is 2.42. The van der Waals surface area contributed by atoms with Crippen LogP contribution in [-0.4, -0.2) is 35.1 Å². The fourth-order valence-electron chi connectivity index (χ4n) is 4.12. The van der Waals surface area contributed by atoms with Gasteiger partial charge in [0.15, 0.2) is 11.6 Å². The van der Waals surface area contributed by atoms with Crippen molar-refractivity contribution in [2.75, 3.05) is 13.2 Å². The highest BCUT2D eigenvalue weighted by atomic mass is 79.9. The molecular weight excluding hydrogens is 708 g/mol. The van der Waals surface area contributed by atoms with Crippen molar-refractivity contribution in [2.45, 2.75) is 27.7 Å². The van der Waals surface area contributed by atoms with Gasteiger partial charge in [-0.15, -0.1) is 32.9 Å². The summed E-state index contributed by atoms with van der Waals surface area (Å²) in [5.41, 5.74) is 1.51. The van der Waals surface area contributed by atoms with E-state index in [1.54, 1.807) is 52.0 Å². The Morgan fingerprint density at radius 2 is 1.17 bits per heavy atom. The third-order valence-electron chi connectivity index (χ3n) is 5.78. The monoisotopic (exact) mass is 726 g/mol. The topological polar surface area (TPSA) is 151 Å². The van der Waals surface area contributed by atoms with E-state index in [1.165, 1.54) is 22.7 Å². The average Bonchev–Trinajstić information content (AvgIpc) is 3.58. The van der Waals surface area contributed by atoms with Crippen LogP contribution in [0.2, 0.25) is 0 Å². The summed E-state index contributed by atoms with van der Waals surface area (Å²) < 4.78 is 12.1. The van der Waals surface area contributed by atoms with Crippen molar-refractivity contribution < 1.29 is 19.1 Å². The van der Waals surface area contributed by atoms with E-state index >= 15 is 0 Å². The number of aryl methyl sites for hydroxylation is 2. The minimum Gasteiger partial charge on any atom is -0.462 e. The molecule has 0 amide bonds. The van der Waals surface area contributed by atoms with Gasteiger partial charge in [-0.05, 0) is 83.8 Å². The predicted molar refractivity (Wildman–Crippen MR) is 165 cm³/mol. The zero-order valence-electron chi connectivity index (χ0n) is 22.6. The molecule has 0 unspecified atom stereocenters. The van der Waals surface area contributed by atoms with Gasteiger partial charge in [-0.2, -0.15) is 10.5 Å². The molecule has 0 saturated heterocycles. The first-order chi connectivity index (χ1) is 20.1. The van der Waals surface area contributed by atoms with Gasteiger partial charge in [-0.1, -0.05) is 0 Å². The maximum atomic E-state index is 12.9. The van der Waals surface area contributed by atoms with Crippen LogP contribution in [-0.2, 0) is 9.47 Å². The molecule has 4 rings (SSSR count). The number of hydrogen-bond donors (Lipinski definition) is 0. The second-order valence-electron chi connectivity index (χ2n) is 8.36. The van der Waals surface area contributed by atoms with Crippen molar-refractivity contribution in [1.29, 1.82) is 10.5 Å². The van der Waals surface area contributed by atoms with E-state index in [2.05, 4.69) is 64.2 Å². The van der Waals surface area contributed by atoms with Crippen molar-refractivity contribution >= 4 is 78.1 Å². The Kier molecular flexibility index (Phi) is 9.96. The zero-order valence-corrected chi connectivity index (χ0v) is 27.4. The van der Waals surface area contributed by atoms with E-state index in [1.807, 2.05) is 0 Å². The summed E-state index contributed by atoms with van der Waals surface area (Å²) in [5, 5.41) is 28.9. The molecule has 0 saturated carbocycles. The molecule has 0 spiro atoms. The average molecular weight is 728 g/mol. The van der Waals surface area contributed by atoms with Gasteiger partial charge in [0, 0.05) is 20.9 Å². The number of azo groups is 1. The first-order valence-corrected chi connectivity index (χ1v) is 15.5. The molecule has 212 valence electrons. The summed E-state index contributed by atoms with van der Waals surface area (Å²) >= 11 is 9.51. The molecule has 0 aliphatic carbocycles. The molecule has 0 fully saturated rings. The third-order valence-corrected chi connectivity index (χ3v) is 9.06. The molecule has 0 aliphatic heterocycles. The minimum absolute atomic E-state index is 0.00235. The lowest BCUT2D eigenvalue weighted by Crippen LogP contribution is -2.11. The summed E-state index contributed by atoms with van der Waals surface area (Å²) in [6, 6.07) is 11.4. The Morgan fingerprint density at radius 1 is 0.786 bits per heavy atom. The van der Waals surface area contributed by atoms with Crippen LogP contribution in [0.4, 0.5) is 11.6 Å². The molecule has 0 radical (unpaired) electrons. The van der Waals surface area contributed by atoms with Gasteiger partial charge in [0.1, 0.15) is 23.3 Å². The largest absolute Gasteiger partial charge is 0.462 e. The second kappa shape index (κ2) is 13.4. The Balaban J connectivity index is 1.97. The summed E-state index contributed by atoms with van der Waals surface area (Å²) in [6.07, 6.45) is 0. The first kappa shape index (κ1) is 31.1. The summed E-state index contributed by atoms with van der Waals surface area (Å²) in [4.78, 5) is 35.9. The molecule has 42 heavy (non-hydrogen) atoms. The van der Waals surface area contributed by atoms with Gasteiger partial charge in [0.05, 0.1) is 43.3 Å². The number of rotatable bonds is 8. The fourth-order valence-corrected chi connectivity index (χ4v) is 7.01. The van der Waals surface area contributed by atoms with Gasteiger partial charge in [0.25, 0.3) is 0 Å². The van der Waals surface area contributed by atoms with Crippen LogP contribution >= 0.6 is 54.5 Å². The van der Waals surface area contributed by atoms with E-state index in [-0.39, 0.29) is 58.5 Å². The fraction of sp³-hybridized carbons (Fsp3) is 0.214. The number of halogens is 2. The number of pyridine rings is 2. The SMILES string of the molecule is CCOC(=O)c1c(C)nc(N=Nc2nc(C)c(C(=O)OCC)c(-c3ccc(Br)s3)c2C#N)c(C#N)c1-c1ccc(Br)s1. The summed E-state index contributed by atoms with van der Waals surface area (Å²) in [7, 11) is 0. The summed E-state index contributed by atoms with van der Waals surface area (Å²) in [6.45, 7) is 6.89. The van der Waals surface area contributed by atoms with Crippen LogP contribution in [0, 0.1) is 36.5 Å². The first-order valence-electron chi connectivity index (χ1n) is 12.3. The molecule has 0 N–H and O–H groups in total. The highest BCUT2D eigenvalue weighted by Gasteiger charge is 2.28. The van der Waals surface area contributed by atoms with E-state index in [0.29, 0.717) is 20.9 Å². The summed E-state index contributed by atoms with van der Waals surface area (Å²) in [5.74, 6) is -1.37. The van der Waals surface area contributed by atoms with Crippen molar-refractivity contribution in [2.24, 2.45) is 10.2 Å². The van der Waals surface area contributed by atoms with Crippen LogP contribution < -0.4 is 0 Å². The molecule has 4 aromatic rings. The lowest BCUT2D eigenvalue weighted by molar-refractivity contribution is 0.0516. The number of carbonyl (C=O) groups is 2. The van der Waals surface area contributed by atoms with Crippen LogP contribution in [0.3, 0.4) is 0 Å². The number of carbonyl (C=O) groups excluding carboxylic acids is 2. The predicted octanol–water partition coefficient (Wildman–Crippen LogP) is 8.59. The molecule has 0 atom stereocenters. The maximum Gasteiger partial charge on any atom is 0.340 e. The number of esters is 2. The quantitative estimate of drug-likeness (QED) is 0.129. The van der Waals surface area contributed by atoms with Gasteiger partial charge in [0.2, 0.25) is 0 Å². The standard InChI is InChI=1S/C28H20Br2N6O4S2/c1-5-39-27(37)21-13(3)33-25(15(11-31)23(21)17-7-9-19(29)41-17)35-36-26-16(12-32)24(18-8-10-20(30)42-18)22(14(4)34-26)28(38)40-6-2/h7-10H,5-6H2,1-4H3. The Morgan fingerprint density at radius 3 is 1.45 bits per heavy atom. The third kappa shape index (κ3) is 6.17.